The highest BCUT2D eigenvalue weighted by Gasteiger charge is 2.02. The Balaban J connectivity index is 0.00000121. The van der Waals surface area contributed by atoms with Gasteiger partial charge in [-0.3, -0.25) is 5.41 Å². The first-order valence-corrected chi connectivity index (χ1v) is 3.70. The molecular formula is C7H7BrClFN2. The second-order valence-corrected chi connectivity index (χ2v) is 2.89. The molecule has 0 aliphatic carbocycles. The Morgan fingerprint density at radius 2 is 2.08 bits per heavy atom. The molecule has 0 aliphatic heterocycles. The smallest absolute Gasteiger partial charge is 0.124 e. The molecule has 0 aromatic heterocycles. The molecule has 0 amide bonds. The van der Waals surface area contributed by atoms with E-state index in [1.54, 1.807) is 0 Å². The lowest BCUT2D eigenvalue weighted by Crippen LogP contribution is -2.11. The summed E-state index contributed by atoms with van der Waals surface area (Å²) in [6, 6.07) is 4.04. The largest absolute Gasteiger partial charge is 0.384 e. The lowest BCUT2D eigenvalue weighted by Gasteiger charge is -2.00. The summed E-state index contributed by atoms with van der Waals surface area (Å²) in [6.45, 7) is 0. The minimum atomic E-state index is -0.390. The third-order valence-electron chi connectivity index (χ3n) is 1.22. The van der Waals surface area contributed by atoms with Crippen LogP contribution in [0.3, 0.4) is 0 Å². The van der Waals surface area contributed by atoms with E-state index in [0.717, 1.165) is 0 Å². The summed E-state index contributed by atoms with van der Waals surface area (Å²) in [6.07, 6.45) is 0. The van der Waals surface area contributed by atoms with E-state index in [9.17, 15) is 4.39 Å². The zero-order valence-electron chi connectivity index (χ0n) is 5.97. The molecule has 0 saturated carbocycles. The Morgan fingerprint density at radius 1 is 1.50 bits per heavy atom. The molecule has 0 radical (unpaired) electrons. The average molecular weight is 254 g/mol. The molecule has 0 bridgehead atoms. The van der Waals surface area contributed by atoms with Crippen molar-refractivity contribution < 1.29 is 4.39 Å². The molecule has 3 N–H and O–H groups in total. The van der Waals surface area contributed by atoms with Crippen LogP contribution in [0.15, 0.2) is 22.7 Å². The van der Waals surface area contributed by atoms with Crippen molar-refractivity contribution in [2.75, 3.05) is 0 Å². The van der Waals surface area contributed by atoms with Gasteiger partial charge in [0.15, 0.2) is 0 Å². The molecule has 66 valence electrons. The van der Waals surface area contributed by atoms with Crippen molar-refractivity contribution >= 4 is 34.2 Å². The molecule has 12 heavy (non-hydrogen) atoms. The third kappa shape index (κ3) is 2.46. The normalized spacial score (nSPS) is 8.83. The molecule has 0 atom stereocenters. The van der Waals surface area contributed by atoms with Gasteiger partial charge < -0.3 is 5.73 Å². The highest BCUT2D eigenvalue weighted by atomic mass is 79.9. The minimum Gasteiger partial charge on any atom is -0.384 e. The summed E-state index contributed by atoms with van der Waals surface area (Å²) >= 11 is 3.14. The van der Waals surface area contributed by atoms with Crippen LogP contribution in [0.2, 0.25) is 0 Å². The first kappa shape index (κ1) is 11.4. The Morgan fingerprint density at radius 3 is 2.50 bits per heavy atom. The van der Waals surface area contributed by atoms with Crippen molar-refractivity contribution in [2.24, 2.45) is 5.73 Å². The van der Waals surface area contributed by atoms with Crippen LogP contribution in [-0.4, -0.2) is 5.84 Å². The van der Waals surface area contributed by atoms with Crippen molar-refractivity contribution in [1.82, 2.24) is 0 Å². The number of benzene rings is 1. The van der Waals surface area contributed by atoms with E-state index in [2.05, 4.69) is 15.9 Å². The highest BCUT2D eigenvalue weighted by molar-refractivity contribution is 9.10. The summed E-state index contributed by atoms with van der Waals surface area (Å²) in [5, 5.41) is 7.05. The van der Waals surface area contributed by atoms with Crippen molar-refractivity contribution in [2.45, 2.75) is 0 Å². The van der Waals surface area contributed by atoms with Crippen LogP contribution in [0.25, 0.3) is 0 Å². The van der Waals surface area contributed by atoms with E-state index in [-0.39, 0.29) is 18.2 Å². The lowest BCUT2D eigenvalue weighted by atomic mass is 10.2. The molecule has 0 saturated heterocycles. The number of amidine groups is 1. The zero-order valence-corrected chi connectivity index (χ0v) is 8.38. The maximum Gasteiger partial charge on any atom is 0.124 e. The van der Waals surface area contributed by atoms with Crippen molar-refractivity contribution in [3.8, 4) is 0 Å². The lowest BCUT2D eigenvalue weighted by molar-refractivity contribution is 0.627. The molecule has 0 fully saturated rings. The van der Waals surface area contributed by atoms with E-state index < -0.39 is 5.82 Å². The molecule has 5 heteroatoms. The van der Waals surface area contributed by atoms with Crippen LogP contribution in [0, 0.1) is 11.2 Å². The van der Waals surface area contributed by atoms with Crippen molar-refractivity contribution in [3.63, 3.8) is 0 Å². The predicted molar refractivity (Wildman–Crippen MR) is 52.4 cm³/mol. The van der Waals surface area contributed by atoms with Crippen molar-refractivity contribution in [3.05, 3.63) is 34.1 Å². The van der Waals surface area contributed by atoms with E-state index in [1.165, 1.54) is 18.2 Å². The molecule has 0 heterocycles. The summed E-state index contributed by atoms with van der Waals surface area (Å²) in [7, 11) is 0. The number of nitrogens with one attached hydrogen (secondary N) is 1. The fourth-order valence-electron chi connectivity index (χ4n) is 0.704. The Bertz CT molecular complexity index is 303. The molecule has 1 aromatic rings. The van der Waals surface area contributed by atoms with E-state index in [4.69, 9.17) is 11.1 Å². The number of rotatable bonds is 1. The Hall–Kier alpha value is -0.610. The van der Waals surface area contributed by atoms with Crippen LogP contribution in [0.4, 0.5) is 4.39 Å². The van der Waals surface area contributed by atoms with Gasteiger partial charge >= 0.3 is 0 Å². The highest BCUT2D eigenvalue weighted by Crippen LogP contribution is 2.16. The number of hydrogen-bond donors (Lipinski definition) is 2. The molecule has 0 aliphatic rings. The molecule has 0 unspecified atom stereocenters. The SMILES string of the molecule is Cl.N=C(N)c1cc(F)ccc1Br. The third-order valence-corrected chi connectivity index (χ3v) is 1.91. The van der Waals surface area contributed by atoms with Gasteiger partial charge in [-0.25, -0.2) is 4.39 Å². The van der Waals surface area contributed by atoms with E-state index in [1.807, 2.05) is 0 Å². The quantitative estimate of drug-likeness (QED) is 0.585. The second-order valence-electron chi connectivity index (χ2n) is 2.04. The van der Waals surface area contributed by atoms with Gasteiger partial charge in [-0.2, -0.15) is 0 Å². The molecular weight excluding hydrogens is 246 g/mol. The molecule has 0 spiro atoms. The first-order chi connectivity index (χ1) is 5.11. The molecule has 1 rings (SSSR count). The number of nitrogens with two attached hydrogens (primary N) is 1. The van der Waals surface area contributed by atoms with Gasteiger partial charge in [-0.15, -0.1) is 12.4 Å². The monoisotopic (exact) mass is 252 g/mol. The van der Waals surface area contributed by atoms with Crippen LogP contribution in [-0.2, 0) is 0 Å². The summed E-state index contributed by atoms with van der Waals surface area (Å²) in [5.74, 6) is -0.533. The summed E-state index contributed by atoms with van der Waals surface area (Å²) in [5.41, 5.74) is 5.55. The summed E-state index contributed by atoms with van der Waals surface area (Å²) < 4.78 is 13.2. The molecule has 2 nitrogen and oxygen atoms in total. The van der Waals surface area contributed by atoms with Crippen LogP contribution in [0.1, 0.15) is 5.56 Å². The Labute approximate surface area is 84.0 Å². The van der Waals surface area contributed by atoms with Gasteiger partial charge in [-0.05, 0) is 18.2 Å². The standard InChI is InChI=1S/C7H6BrFN2.ClH/c8-6-2-1-4(9)3-5(6)7(10)11;/h1-3H,(H3,10,11);1H. The molecule has 1 aromatic carbocycles. The van der Waals surface area contributed by atoms with Gasteiger partial charge in [0.2, 0.25) is 0 Å². The van der Waals surface area contributed by atoms with Crippen LogP contribution < -0.4 is 5.73 Å². The van der Waals surface area contributed by atoms with Crippen LogP contribution in [0.5, 0.6) is 0 Å². The minimum absolute atomic E-state index is 0. The predicted octanol–water partition coefficient (Wildman–Crippen LogP) is 2.29. The maximum absolute atomic E-state index is 12.5. The maximum atomic E-state index is 12.5. The van der Waals surface area contributed by atoms with Gasteiger partial charge in [0.1, 0.15) is 11.7 Å². The summed E-state index contributed by atoms with van der Waals surface area (Å²) in [4.78, 5) is 0. The van der Waals surface area contributed by atoms with Crippen LogP contribution >= 0.6 is 28.3 Å². The number of hydrogen-bond acceptors (Lipinski definition) is 1. The van der Waals surface area contributed by atoms with Crippen molar-refractivity contribution in [1.29, 1.82) is 5.41 Å². The van der Waals surface area contributed by atoms with Gasteiger partial charge in [0.25, 0.3) is 0 Å². The zero-order chi connectivity index (χ0) is 8.43. The second kappa shape index (κ2) is 4.42. The fourth-order valence-corrected chi connectivity index (χ4v) is 1.16. The first-order valence-electron chi connectivity index (χ1n) is 2.90. The van der Waals surface area contributed by atoms with E-state index in [0.29, 0.717) is 10.0 Å². The Kier molecular flexibility index (Phi) is 4.20. The topological polar surface area (TPSA) is 49.9 Å². The number of halogens is 3. The fraction of sp³-hybridized carbons (Fsp3) is 0. The van der Waals surface area contributed by atoms with E-state index >= 15 is 0 Å². The number of nitrogen functional groups attached to an aromatic ring is 1. The van der Waals surface area contributed by atoms with Gasteiger partial charge in [-0.1, -0.05) is 15.9 Å². The van der Waals surface area contributed by atoms with Gasteiger partial charge in [0.05, 0.1) is 0 Å². The van der Waals surface area contributed by atoms with Gasteiger partial charge in [0, 0.05) is 10.0 Å². The average Bonchev–Trinajstić information content (AvgIpc) is 1.94.